The van der Waals surface area contributed by atoms with Crippen molar-refractivity contribution in [3.8, 4) is 0 Å². The summed E-state index contributed by atoms with van der Waals surface area (Å²) in [5.74, 6) is 0.103. The van der Waals surface area contributed by atoms with E-state index in [0.29, 0.717) is 10.9 Å². The molecule has 1 amide bonds. The number of carbonyl (C=O) groups is 1. The van der Waals surface area contributed by atoms with Gasteiger partial charge in [-0.3, -0.25) is 10.1 Å². The number of benzene rings is 1. The molecule has 8 heteroatoms. The molecule has 126 valence electrons. The van der Waals surface area contributed by atoms with E-state index in [2.05, 4.69) is 38.4 Å². The second-order valence-electron chi connectivity index (χ2n) is 5.81. The summed E-state index contributed by atoms with van der Waals surface area (Å²) in [6.45, 7) is 5.89. The van der Waals surface area contributed by atoms with Crippen molar-refractivity contribution in [3.05, 3.63) is 47.0 Å². The van der Waals surface area contributed by atoms with E-state index in [0.717, 1.165) is 28.0 Å². The molecular formula is C17H16N6OS. The highest BCUT2D eigenvalue weighted by molar-refractivity contribution is 7.22. The first kappa shape index (κ1) is 15.6. The molecule has 0 saturated heterocycles. The highest BCUT2D eigenvalue weighted by Crippen LogP contribution is 2.27. The predicted octanol–water partition coefficient (Wildman–Crippen LogP) is 3.17. The molecule has 0 saturated carbocycles. The number of fused-ring (bicyclic) bond motifs is 2. The first-order valence-corrected chi connectivity index (χ1v) is 8.77. The quantitative estimate of drug-likeness (QED) is 0.612. The molecule has 0 aliphatic rings. The molecule has 4 rings (SSSR count). The first-order chi connectivity index (χ1) is 12.0. The fourth-order valence-electron chi connectivity index (χ4n) is 2.66. The average Bonchev–Trinajstić information content (AvgIpc) is 3.17. The van der Waals surface area contributed by atoms with Gasteiger partial charge in [-0.2, -0.15) is 4.98 Å². The first-order valence-electron chi connectivity index (χ1n) is 7.95. The van der Waals surface area contributed by atoms with Crippen molar-refractivity contribution in [2.45, 2.75) is 27.2 Å². The minimum Gasteiger partial charge on any atom is -0.295 e. The number of nitrogens with zero attached hydrogens (tertiary/aromatic N) is 5. The van der Waals surface area contributed by atoms with E-state index in [1.807, 2.05) is 32.0 Å². The van der Waals surface area contributed by atoms with Crippen LogP contribution >= 0.6 is 11.3 Å². The third-order valence-corrected chi connectivity index (χ3v) is 4.84. The van der Waals surface area contributed by atoms with Crippen molar-refractivity contribution >= 4 is 38.4 Å². The summed E-state index contributed by atoms with van der Waals surface area (Å²) in [6.07, 6.45) is 0.965. The summed E-state index contributed by atoms with van der Waals surface area (Å²) in [5.41, 5.74) is 3.82. The van der Waals surface area contributed by atoms with Gasteiger partial charge in [0, 0.05) is 11.4 Å². The van der Waals surface area contributed by atoms with Crippen LogP contribution < -0.4 is 5.32 Å². The largest absolute Gasteiger partial charge is 0.297 e. The van der Waals surface area contributed by atoms with Crippen LogP contribution in [0.1, 0.15) is 34.5 Å². The molecule has 0 atom stereocenters. The Morgan fingerprint density at radius 1 is 1.20 bits per heavy atom. The predicted molar refractivity (Wildman–Crippen MR) is 97.2 cm³/mol. The lowest BCUT2D eigenvalue weighted by Gasteiger charge is -1.97. The Bertz CT molecular complexity index is 1110. The Morgan fingerprint density at radius 3 is 2.84 bits per heavy atom. The maximum absolute atomic E-state index is 12.5. The molecule has 4 aromatic rings. The average molecular weight is 352 g/mol. The Balaban J connectivity index is 1.64. The third kappa shape index (κ3) is 2.85. The zero-order valence-corrected chi connectivity index (χ0v) is 14.9. The van der Waals surface area contributed by atoms with E-state index >= 15 is 0 Å². The van der Waals surface area contributed by atoms with Crippen LogP contribution in [0.4, 0.5) is 5.13 Å². The van der Waals surface area contributed by atoms with E-state index in [1.54, 1.807) is 4.52 Å². The van der Waals surface area contributed by atoms with Gasteiger partial charge in [0.15, 0.2) is 5.13 Å². The minimum atomic E-state index is -0.391. The van der Waals surface area contributed by atoms with Crippen LogP contribution in [0.3, 0.4) is 0 Å². The lowest BCUT2D eigenvalue weighted by atomic mass is 10.2. The molecule has 0 bridgehead atoms. The summed E-state index contributed by atoms with van der Waals surface area (Å²) >= 11 is 1.44. The second-order valence-corrected chi connectivity index (χ2v) is 6.85. The van der Waals surface area contributed by atoms with E-state index in [4.69, 9.17) is 0 Å². The Morgan fingerprint density at radius 2 is 2.04 bits per heavy atom. The zero-order valence-electron chi connectivity index (χ0n) is 14.1. The fourth-order valence-corrected chi connectivity index (χ4v) is 3.58. The number of hydrogen-bond donors (Lipinski definition) is 1. The minimum absolute atomic E-state index is 0.0784. The van der Waals surface area contributed by atoms with Gasteiger partial charge >= 0.3 is 0 Å². The molecule has 0 fully saturated rings. The summed E-state index contributed by atoms with van der Waals surface area (Å²) in [5, 5.41) is 7.56. The molecule has 1 aromatic carbocycles. The van der Waals surface area contributed by atoms with Gasteiger partial charge in [0.2, 0.25) is 5.82 Å². The maximum Gasteiger partial charge on any atom is 0.297 e. The lowest BCUT2D eigenvalue weighted by Crippen LogP contribution is -2.13. The van der Waals surface area contributed by atoms with Gasteiger partial charge in [0.25, 0.3) is 11.7 Å². The van der Waals surface area contributed by atoms with E-state index < -0.39 is 5.91 Å². The number of amides is 1. The molecular weight excluding hydrogens is 336 g/mol. The molecule has 3 aromatic heterocycles. The van der Waals surface area contributed by atoms with Gasteiger partial charge in [0.1, 0.15) is 0 Å². The highest BCUT2D eigenvalue weighted by atomic mass is 32.1. The van der Waals surface area contributed by atoms with Gasteiger partial charge in [-0.05, 0) is 44.0 Å². The van der Waals surface area contributed by atoms with Crippen LogP contribution in [0, 0.1) is 13.8 Å². The summed E-state index contributed by atoms with van der Waals surface area (Å²) in [7, 11) is 0. The number of nitrogens with one attached hydrogen (secondary N) is 1. The Labute approximate surface area is 147 Å². The van der Waals surface area contributed by atoms with Gasteiger partial charge < -0.3 is 0 Å². The van der Waals surface area contributed by atoms with Crippen molar-refractivity contribution in [1.82, 2.24) is 24.6 Å². The number of aromatic nitrogens is 5. The van der Waals surface area contributed by atoms with Crippen LogP contribution in [-0.4, -0.2) is 30.5 Å². The molecule has 25 heavy (non-hydrogen) atoms. The summed E-state index contributed by atoms with van der Waals surface area (Å²) in [6, 6.07) is 8.01. The topological polar surface area (TPSA) is 85.1 Å². The number of rotatable bonds is 3. The number of carbonyl (C=O) groups excluding carboxylic acids is 1. The standard InChI is InChI=1S/C17H16N6OS/c1-4-11-5-6-12-13(8-11)25-17(19-12)21-15(24)14-20-16-18-9(2)7-10(3)23(16)22-14/h5-8H,4H2,1-3H3,(H,19,21,24). The monoisotopic (exact) mass is 352 g/mol. The normalized spacial score (nSPS) is 11.3. The SMILES string of the molecule is CCc1ccc2nc(NC(=O)c3nc4nc(C)cc(C)n4n3)sc2c1. The van der Waals surface area contributed by atoms with Crippen LogP contribution in [0.2, 0.25) is 0 Å². The van der Waals surface area contributed by atoms with E-state index in [-0.39, 0.29) is 5.82 Å². The van der Waals surface area contributed by atoms with Crippen molar-refractivity contribution in [1.29, 1.82) is 0 Å². The molecule has 0 aliphatic carbocycles. The molecule has 0 aliphatic heterocycles. The lowest BCUT2D eigenvalue weighted by molar-refractivity contribution is 0.101. The highest BCUT2D eigenvalue weighted by Gasteiger charge is 2.17. The molecule has 1 N–H and O–H groups in total. The van der Waals surface area contributed by atoms with Crippen molar-refractivity contribution in [3.63, 3.8) is 0 Å². The number of anilines is 1. The van der Waals surface area contributed by atoms with Crippen molar-refractivity contribution < 1.29 is 4.79 Å². The van der Waals surface area contributed by atoms with Crippen LogP contribution in [0.15, 0.2) is 24.3 Å². The van der Waals surface area contributed by atoms with Crippen LogP contribution in [0.5, 0.6) is 0 Å². The maximum atomic E-state index is 12.5. The number of thiazole rings is 1. The fraction of sp³-hybridized carbons (Fsp3) is 0.235. The smallest absolute Gasteiger partial charge is 0.295 e. The molecule has 0 unspecified atom stereocenters. The summed E-state index contributed by atoms with van der Waals surface area (Å²) < 4.78 is 2.61. The number of aryl methyl sites for hydroxylation is 3. The van der Waals surface area contributed by atoms with Crippen LogP contribution in [-0.2, 0) is 6.42 Å². The summed E-state index contributed by atoms with van der Waals surface area (Å²) in [4.78, 5) is 25.4. The molecule has 0 radical (unpaired) electrons. The van der Waals surface area contributed by atoms with Gasteiger partial charge in [-0.25, -0.2) is 14.5 Å². The Kier molecular flexibility index (Phi) is 3.69. The van der Waals surface area contributed by atoms with Crippen molar-refractivity contribution in [2.75, 3.05) is 5.32 Å². The third-order valence-electron chi connectivity index (χ3n) is 3.90. The van der Waals surface area contributed by atoms with Gasteiger partial charge in [0.05, 0.1) is 10.2 Å². The molecule has 0 spiro atoms. The molecule has 3 heterocycles. The number of hydrogen-bond acceptors (Lipinski definition) is 6. The molecule has 7 nitrogen and oxygen atoms in total. The van der Waals surface area contributed by atoms with Crippen LogP contribution in [0.25, 0.3) is 16.0 Å². The van der Waals surface area contributed by atoms with Gasteiger partial charge in [-0.15, -0.1) is 5.10 Å². The zero-order chi connectivity index (χ0) is 17.6. The second kappa shape index (κ2) is 5.89. The Hall–Kier alpha value is -2.87. The van der Waals surface area contributed by atoms with Crippen molar-refractivity contribution in [2.24, 2.45) is 0 Å². The van der Waals surface area contributed by atoms with Gasteiger partial charge in [-0.1, -0.05) is 24.3 Å². The van der Waals surface area contributed by atoms with E-state index in [1.165, 1.54) is 16.9 Å². The van der Waals surface area contributed by atoms with E-state index in [9.17, 15) is 4.79 Å².